The largest absolute Gasteiger partial charge is 0.325 e. The van der Waals surface area contributed by atoms with Crippen molar-refractivity contribution in [1.29, 1.82) is 0 Å². The summed E-state index contributed by atoms with van der Waals surface area (Å²) in [5, 5.41) is 0. The number of halogens is 1. The monoisotopic (exact) mass is 418 g/mol. The molecular formula is C22H27ClN2O2S. The maximum absolute atomic E-state index is 13.1. The summed E-state index contributed by atoms with van der Waals surface area (Å²) in [6, 6.07) is 17.2. The van der Waals surface area contributed by atoms with E-state index in [1.165, 1.54) is 6.42 Å². The first-order valence-electron chi connectivity index (χ1n) is 9.83. The zero-order valence-electron chi connectivity index (χ0n) is 15.8. The van der Waals surface area contributed by atoms with Crippen LogP contribution < -0.4 is 10.5 Å². The normalized spacial score (nSPS) is 33.5. The summed E-state index contributed by atoms with van der Waals surface area (Å²) >= 11 is 0. The van der Waals surface area contributed by atoms with Crippen LogP contribution in [-0.4, -0.2) is 19.5 Å². The zero-order chi connectivity index (χ0) is 18.7. The molecule has 3 N–H and O–H groups in total. The highest BCUT2D eigenvalue weighted by atomic mass is 35.5. The van der Waals surface area contributed by atoms with E-state index in [2.05, 4.69) is 4.72 Å². The van der Waals surface area contributed by atoms with E-state index in [0.717, 1.165) is 43.2 Å². The molecule has 6 heteroatoms. The number of rotatable bonds is 4. The van der Waals surface area contributed by atoms with E-state index in [1.807, 2.05) is 42.5 Å². The molecule has 4 nitrogen and oxygen atoms in total. The molecule has 0 heterocycles. The van der Waals surface area contributed by atoms with Crippen molar-refractivity contribution in [2.24, 2.45) is 17.6 Å². The van der Waals surface area contributed by atoms with Gasteiger partial charge in [0, 0.05) is 11.1 Å². The van der Waals surface area contributed by atoms with E-state index < -0.39 is 10.0 Å². The van der Waals surface area contributed by atoms with Crippen LogP contribution in [0.1, 0.15) is 38.5 Å². The molecule has 0 spiro atoms. The van der Waals surface area contributed by atoms with Gasteiger partial charge in [-0.3, -0.25) is 0 Å². The molecule has 4 saturated carbocycles. The fourth-order valence-electron chi connectivity index (χ4n) is 6.25. The van der Waals surface area contributed by atoms with Gasteiger partial charge in [0.2, 0.25) is 10.0 Å². The molecule has 4 aliphatic rings. The van der Waals surface area contributed by atoms with E-state index in [1.54, 1.807) is 12.1 Å². The Morgan fingerprint density at radius 3 is 2.00 bits per heavy atom. The predicted octanol–water partition coefficient (Wildman–Crippen LogP) is 4.10. The summed E-state index contributed by atoms with van der Waals surface area (Å²) in [5.41, 5.74) is 8.19. The summed E-state index contributed by atoms with van der Waals surface area (Å²) in [6.45, 7) is 0. The van der Waals surface area contributed by atoms with Crippen LogP contribution in [0.4, 0.5) is 0 Å². The summed E-state index contributed by atoms with van der Waals surface area (Å²) in [4.78, 5) is 0.337. The maximum Gasteiger partial charge on any atom is 0.241 e. The third-order valence-corrected chi connectivity index (χ3v) is 8.32. The van der Waals surface area contributed by atoms with Crippen molar-refractivity contribution in [2.75, 3.05) is 0 Å². The lowest BCUT2D eigenvalue weighted by molar-refractivity contribution is -0.0250. The Labute approximate surface area is 173 Å². The summed E-state index contributed by atoms with van der Waals surface area (Å²) in [6.07, 6.45) is 5.97. The standard InChI is InChI=1S/C22H26N2O2S.ClH/c23-21-11-16-10-17(12-21)14-22(13-16,15-21)24-27(25,26)20-8-6-19(7-9-20)18-4-2-1-3-5-18;/h1-9,16-17,24H,10-15,23H2;1H/t16-,17+,21?,22?;. The predicted molar refractivity (Wildman–Crippen MR) is 114 cm³/mol. The molecule has 2 aromatic carbocycles. The quantitative estimate of drug-likeness (QED) is 0.784. The minimum atomic E-state index is -3.55. The molecule has 28 heavy (non-hydrogen) atoms. The Hall–Kier alpha value is -1.40. The van der Waals surface area contributed by atoms with Gasteiger partial charge in [-0.15, -0.1) is 12.4 Å². The Kier molecular flexibility index (Phi) is 4.86. The number of nitrogens with one attached hydrogen (secondary N) is 1. The number of sulfonamides is 1. The first-order valence-corrected chi connectivity index (χ1v) is 11.3. The van der Waals surface area contributed by atoms with Gasteiger partial charge in [-0.1, -0.05) is 42.5 Å². The van der Waals surface area contributed by atoms with Crippen LogP contribution in [0.25, 0.3) is 11.1 Å². The second-order valence-corrected chi connectivity index (χ2v) is 10.8. The van der Waals surface area contributed by atoms with Gasteiger partial charge in [0.25, 0.3) is 0 Å². The second-order valence-electron chi connectivity index (χ2n) is 9.10. The van der Waals surface area contributed by atoms with Gasteiger partial charge in [-0.05, 0) is 73.6 Å². The molecular weight excluding hydrogens is 392 g/mol. The van der Waals surface area contributed by atoms with Crippen LogP contribution in [-0.2, 0) is 10.0 Å². The molecule has 4 bridgehead atoms. The average molecular weight is 419 g/mol. The van der Waals surface area contributed by atoms with Crippen molar-refractivity contribution < 1.29 is 8.42 Å². The van der Waals surface area contributed by atoms with Crippen LogP contribution in [0.15, 0.2) is 59.5 Å². The van der Waals surface area contributed by atoms with Gasteiger partial charge in [-0.25, -0.2) is 13.1 Å². The van der Waals surface area contributed by atoms with Crippen molar-refractivity contribution in [2.45, 2.75) is 54.5 Å². The van der Waals surface area contributed by atoms with Crippen LogP contribution in [0.5, 0.6) is 0 Å². The Morgan fingerprint density at radius 1 is 0.857 bits per heavy atom. The molecule has 4 aliphatic carbocycles. The molecule has 0 aliphatic heterocycles. The Balaban J connectivity index is 0.00000192. The first-order chi connectivity index (χ1) is 12.8. The van der Waals surface area contributed by atoms with Gasteiger partial charge < -0.3 is 5.73 Å². The molecule has 0 saturated heterocycles. The van der Waals surface area contributed by atoms with Gasteiger partial charge in [0.15, 0.2) is 0 Å². The zero-order valence-corrected chi connectivity index (χ0v) is 17.4. The molecule has 2 aromatic rings. The highest BCUT2D eigenvalue weighted by Crippen LogP contribution is 2.56. The van der Waals surface area contributed by atoms with Gasteiger partial charge in [0.05, 0.1) is 4.90 Å². The molecule has 6 rings (SSSR count). The molecule has 0 amide bonds. The molecule has 4 fully saturated rings. The minimum absolute atomic E-state index is 0. The van der Waals surface area contributed by atoms with Crippen molar-refractivity contribution in [3.05, 3.63) is 54.6 Å². The summed E-state index contributed by atoms with van der Waals surface area (Å²) in [5.74, 6) is 1.14. The smallest absolute Gasteiger partial charge is 0.241 e. The van der Waals surface area contributed by atoms with Crippen molar-refractivity contribution in [1.82, 2.24) is 4.72 Å². The summed E-state index contributed by atoms with van der Waals surface area (Å²) < 4.78 is 29.3. The van der Waals surface area contributed by atoms with Gasteiger partial charge in [0.1, 0.15) is 0 Å². The molecule has 4 atom stereocenters. The highest BCUT2D eigenvalue weighted by Gasteiger charge is 2.57. The molecule has 150 valence electrons. The number of nitrogens with two attached hydrogens (primary N) is 1. The molecule has 0 radical (unpaired) electrons. The van der Waals surface area contributed by atoms with Crippen LogP contribution in [0, 0.1) is 11.8 Å². The lowest BCUT2D eigenvalue weighted by Crippen LogP contribution is -2.68. The molecule has 0 aromatic heterocycles. The lowest BCUT2D eigenvalue weighted by Gasteiger charge is -2.60. The SMILES string of the molecule is Cl.NC12C[C@H]3C[C@@H](C1)CC(NS(=O)(=O)c1ccc(-c4ccccc4)cc1)(C3)C2. The van der Waals surface area contributed by atoms with Crippen LogP contribution >= 0.6 is 12.4 Å². The summed E-state index contributed by atoms with van der Waals surface area (Å²) in [7, 11) is -3.55. The Bertz CT molecular complexity index is 946. The average Bonchev–Trinajstić information content (AvgIpc) is 2.59. The fraction of sp³-hybridized carbons (Fsp3) is 0.455. The van der Waals surface area contributed by atoms with Gasteiger partial charge in [-0.2, -0.15) is 0 Å². The van der Waals surface area contributed by atoms with Crippen LogP contribution in [0.3, 0.4) is 0 Å². The second kappa shape index (κ2) is 6.84. The lowest BCUT2D eigenvalue weighted by atomic mass is 9.50. The first kappa shape index (κ1) is 19.9. The van der Waals surface area contributed by atoms with E-state index >= 15 is 0 Å². The van der Waals surface area contributed by atoms with Crippen molar-refractivity contribution in [3.8, 4) is 11.1 Å². The van der Waals surface area contributed by atoms with Crippen molar-refractivity contribution in [3.63, 3.8) is 0 Å². The molecule has 2 unspecified atom stereocenters. The third kappa shape index (κ3) is 3.50. The minimum Gasteiger partial charge on any atom is -0.325 e. The Morgan fingerprint density at radius 2 is 1.43 bits per heavy atom. The van der Waals surface area contributed by atoms with Crippen LogP contribution in [0.2, 0.25) is 0 Å². The van der Waals surface area contributed by atoms with E-state index in [4.69, 9.17) is 5.73 Å². The highest BCUT2D eigenvalue weighted by molar-refractivity contribution is 7.89. The van der Waals surface area contributed by atoms with Gasteiger partial charge >= 0.3 is 0 Å². The van der Waals surface area contributed by atoms with E-state index in [-0.39, 0.29) is 23.5 Å². The van der Waals surface area contributed by atoms with E-state index in [9.17, 15) is 8.42 Å². The fourth-order valence-corrected chi connectivity index (χ4v) is 7.67. The topological polar surface area (TPSA) is 72.2 Å². The number of hydrogen-bond donors (Lipinski definition) is 2. The van der Waals surface area contributed by atoms with E-state index in [0.29, 0.717) is 16.7 Å². The number of benzene rings is 2. The maximum atomic E-state index is 13.1. The third-order valence-electron chi connectivity index (χ3n) is 6.73. The number of hydrogen-bond acceptors (Lipinski definition) is 3. The van der Waals surface area contributed by atoms with Crippen molar-refractivity contribution >= 4 is 22.4 Å².